The molecular formula is C13H9BrIN3O4S. The first-order chi connectivity index (χ1) is 11.0. The molecule has 1 amide bonds. The molecule has 0 saturated carbocycles. The number of nitrogens with zero attached hydrogens (tertiary/aromatic N) is 2. The van der Waals surface area contributed by atoms with Crippen molar-refractivity contribution >= 4 is 68.1 Å². The first kappa shape index (κ1) is 17.9. The molecule has 2 aromatic rings. The largest absolute Gasteiger partial charge is 0.448 e. The fraction of sp³-hybridized carbons (Fsp3) is 0.0769. The maximum atomic E-state index is 11.7. The van der Waals surface area contributed by atoms with Crippen LogP contribution in [0.4, 0.5) is 5.69 Å². The number of hydrogen-bond acceptors (Lipinski definition) is 6. The molecule has 1 N–H and O–H groups in total. The number of amides is 1. The van der Waals surface area contributed by atoms with Crippen molar-refractivity contribution in [2.24, 2.45) is 5.10 Å². The van der Waals surface area contributed by atoms with E-state index in [9.17, 15) is 14.9 Å². The van der Waals surface area contributed by atoms with Gasteiger partial charge in [0.2, 0.25) is 5.91 Å². The molecule has 1 aromatic carbocycles. The second-order valence-corrected chi connectivity index (χ2v) is 6.99. The molecule has 0 saturated heterocycles. The minimum atomic E-state index is -0.468. The Balaban J connectivity index is 1.79. The molecule has 1 heterocycles. The zero-order valence-electron chi connectivity index (χ0n) is 11.4. The normalized spacial score (nSPS) is 10.9. The molecule has 0 unspecified atom stereocenters. The highest BCUT2D eigenvalue weighted by molar-refractivity contribution is 14.1. The highest BCUT2D eigenvalue weighted by Crippen LogP contribution is 2.22. The summed E-state index contributed by atoms with van der Waals surface area (Å²) >= 11 is 6.60. The second-order valence-electron chi connectivity index (χ2n) is 4.10. The van der Waals surface area contributed by atoms with Gasteiger partial charge in [-0.1, -0.05) is 0 Å². The number of thioether (sulfide) groups is 1. The van der Waals surface area contributed by atoms with E-state index in [4.69, 9.17) is 4.42 Å². The van der Waals surface area contributed by atoms with Gasteiger partial charge in [-0.15, -0.1) is 11.8 Å². The number of halogens is 2. The topological polar surface area (TPSA) is 97.7 Å². The third kappa shape index (κ3) is 5.62. The van der Waals surface area contributed by atoms with Crippen LogP contribution in [0.15, 0.2) is 49.2 Å². The molecule has 1 aromatic heterocycles. The molecule has 0 bridgehead atoms. The number of nitro benzene ring substituents is 1. The highest BCUT2D eigenvalue weighted by atomic mass is 127. The lowest BCUT2D eigenvalue weighted by Crippen LogP contribution is -2.19. The molecule has 7 nitrogen and oxygen atoms in total. The maximum absolute atomic E-state index is 11.7. The van der Waals surface area contributed by atoms with Crippen molar-refractivity contribution in [3.05, 3.63) is 54.4 Å². The standard InChI is InChI=1S/C13H9BrIN3O4S/c14-11-5-9(22-13(11)15)6-16-17-12(19)7-23-10-3-1-8(2-4-10)18(20)21/h1-6H,7H2,(H,17,19). The van der Waals surface area contributed by atoms with E-state index in [0.29, 0.717) is 9.53 Å². The Morgan fingerprint density at radius 2 is 2.17 bits per heavy atom. The summed E-state index contributed by atoms with van der Waals surface area (Å²) < 4.78 is 6.85. The number of nitrogens with one attached hydrogen (secondary N) is 1. The summed E-state index contributed by atoms with van der Waals surface area (Å²) in [6.45, 7) is 0. The number of rotatable bonds is 6. The lowest BCUT2D eigenvalue weighted by Gasteiger charge is -2.00. The summed E-state index contributed by atoms with van der Waals surface area (Å²) in [5.41, 5.74) is 2.40. The highest BCUT2D eigenvalue weighted by Gasteiger charge is 2.06. The number of nitro groups is 1. The van der Waals surface area contributed by atoms with Crippen molar-refractivity contribution in [1.29, 1.82) is 0 Å². The number of hydrazone groups is 1. The minimum absolute atomic E-state index is 0.0163. The lowest BCUT2D eigenvalue weighted by molar-refractivity contribution is -0.384. The second kappa shape index (κ2) is 8.45. The average Bonchev–Trinajstić information content (AvgIpc) is 2.84. The van der Waals surface area contributed by atoms with Gasteiger partial charge in [-0.25, -0.2) is 5.43 Å². The molecule has 0 spiro atoms. The van der Waals surface area contributed by atoms with Gasteiger partial charge in [0, 0.05) is 45.7 Å². The minimum Gasteiger partial charge on any atom is -0.448 e. The molecule has 0 aliphatic heterocycles. The van der Waals surface area contributed by atoms with Crippen molar-refractivity contribution in [1.82, 2.24) is 5.43 Å². The van der Waals surface area contributed by atoms with Crippen LogP contribution < -0.4 is 5.43 Å². The van der Waals surface area contributed by atoms with E-state index in [1.807, 2.05) is 22.6 Å². The van der Waals surface area contributed by atoms with Crippen molar-refractivity contribution in [3.63, 3.8) is 0 Å². The first-order valence-corrected chi connectivity index (χ1v) is 8.95. The predicted molar refractivity (Wildman–Crippen MR) is 98.7 cm³/mol. The Labute approximate surface area is 157 Å². The zero-order valence-corrected chi connectivity index (χ0v) is 15.9. The summed E-state index contributed by atoms with van der Waals surface area (Å²) in [7, 11) is 0. The SMILES string of the molecule is O=C(CSc1ccc([N+](=O)[O-])cc1)NN=Cc1cc(Br)c(I)o1. The van der Waals surface area contributed by atoms with Crippen LogP contribution in [0.25, 0.3) is 0 Å². The average molecular weight is 510 g/mol. The number of non-ortho nitro benzene ring substituents is 1. The molecule has 0 radical (unpaired) electrons. The number of furan rings is 1. The summed E-state index contributed by atoms with van der Waals surface area (Å²) in [4.78, 5) is 22.5. The van der Waals surface area contributed by atoms with Gasteiger partial charge >= 0.3 is 0 Å². The number of carbonyl (C=O) groups is 1. The van der Waals surface area contributed by atoms with Crippen molar-refractivity contribution in [2.75, 3.05) is 5.75 Å². The zero-order chi connectivity index (χ0) is 16.8. The van der Waals surface area contributed by atoms with E-state index in [2.05, 4.69) is 26.5 Å². The van der Waals surface area contributed by atoms with Crippen LogP contribution in [-0.2, 0) is 4.79 Å². The van der Waals surface area contributed by atoms with Gasteiger partial charge in [-0.05, 0) is 28.1 Å². The Morgan fingerprint density at radius 3 is 2.74 bits per heavy atom. The van der Waals surface area contributed by atoms with E-state index >= 15 is 0 Å². The molecule has 0 atom stereocenters. The van der Waals surface area contributed by atoms with Crippen LogP contribution >= 0.6 is 50.3 Å². The summed E-state index contributed by atoms with van der Waals surface area (Å²) in [6.07, 6.45) is 1.40. The van der Waals surface area contributed by atoms with Crippen LogP contribution in [-0.4, -0.2) is 22.8 Å². The van der Waals surface area contributed by atoms with Crippen molar-refractivity contribution < 1.29 is 14.1 Å². The summed E-state index contributed by atoms with van der Waals surface area (Å²) in [5.74, 6) is 0.378. The third-order valence-electron chi connectivity index (χ3n) is 2.46. The Morgan fingerprint density at radius 1 is 1.48 bits per heavy atom. The van der Waals surface area contributed by atoms with E-state index in [1.54, 1.807) is 18.2 Å². The molecule has 10 heteroatoms. The van der Waals surface area contributed by atoms with Gasteiger partial charge in [-0.3, -0.25) is 14.9 Å². The van der Waals surface area contributed by atoms with E-state index in [-0.39, 0.29) is 17.3 Å². The van der Waals surface area contributed by atoms with Crippen molar-refractivity contribution in [3.8, 4) is 0 Å². The monoisotopic (exact) mass is 509 g/mol. The molecular weight excluding hydrogens is 501 g/mol. The van der Waals surface area contributed by atoms with E-state index in [0.717, 1.165) is 9.37 Å². The van der Waals surface area contributed by atoms with Gasteiger partial charge in [0.25, 0.3) is 5.69 Å². The fourth-order valence-electron chi connectivity index (χ4n) is 1.44. The molecule has 0 aliphatic rings. The van der Waals surface area contributed by atoms with Gasteiger partial charge in [0.15, 0.2) is 3.77 Å². The number of benzene rings is 1. The van der Waals surface area contributed by atoms with Crippen molar-refractivity contribution in [2.45, 2.75) is 4.90 Å². The quantitative estimate of drug-likeness (QED) is 0.210. The Bertz CT molecular complexity index is 729. The lowest BCUT2D eigenvalue weighted by atomic mass is 10.3. The van der Waals surface area contributed by atoms with Crippen LogP contribution in [0.1, 0.15) is 5.76 Å². The summed E-state index contributed by atoms with van der Waals surface area (Å²) in [6, 6.07) is 7.73. The molecule has 0 fully saturated rings. The Kier molecular flexibility index (Phi) is 6.59. The van der Waals surface area contributed by atoms with E-state index in [1.165, 1.54) is 30.1 Å². The molecule has 23 heavy (non-hydrogen) atoms. The predicted octanol–water partition coefficient (Wildman–Crippen LogP) is 3.80. The molecule has 120 valence electrons. The van der Waals surface area contributed by atoms with Gasteiger partial charge in [-0.2, -0.15) is 5.10 Å². The van der Waals surface area contributed by atoms with Gasteiger partial charge in [0.1, 0.15) is 5.76 Å². The number of hydrogen-bond donors (Lipinski definition) is 1. The van der Waals surface area contributed by atoms with Gasteiger partial charge < -0.3 is 4.42 Å². The van der Waals surface area contributed by atoms with Crippen LogP contribution in [0.2, 0.25) is 0 Å². The molecule has 2 rings (SSSR count). The third-order valence-corrected chi connectivity index (χ3v) is 5.61. The van der Waals surface area contributed by atoms with Crippen LogP contribution in [0.3, 0.4) is 0 Å². The molecule has 0 aliphatic carbocycles. The van der Waals surface area contributed by atoms with Crippen LogP contribution in [0, 0.1) is 13.9 Å². The van der Waals surface area contributed by atoms with Crippen LogP contribution in [0.5, 0.6) is 0 Å². The van der Waals surface area contributed by atoms with Gasteiger partial charge in [0.05, 0.1) is 21.4 Å². The maximum Gasteiger partial charge on any atom is 0.269 e. The van der Waals surface area contributed by atoms with E-state index < -0.39 is 4.92 Å². The fourth-order valence-corrected chi connectivity index (χ4v) is 2.85. The number of carbonyl (C=O) groups excluding carboxylic acids is 1. The Hall–Kier alpha value is -1.40. The summed E-state index contributed by atoms with van der Waals surface area (Å²) in [5, 5.41) is 14.3. The first-order valence-electron chi connectivity index (χ1n) is 6.09. The smallest absolute Gasteiger partial charge is 0.269 e.